The molecule has 67 heavy (non-hydrogen) atoms. The molecule has 0 aliphatic heterocycles. The minimum Gasteiger partial charge on any atom is -0.462 e. The normalized spacial score (nSPS) is 13.2. The average Bonchev–Trinajstić information content (AvgIpc) is 3.33. The van der Waals surface area contributed by atoms with Gasteiger partial charge < -0.3 is 14.2 Å². The first-order valence-corrected chi connectivity index (χ1v) is 26.7. The Morgan fingerprint density at radius 3 is 1.00 bits per heavy atom. The van der Waals surface area contributed by atoms with Crippen molar-refractivity contribution in [3.05, 3.63) is 134 Å². The number of hydrogen-bond donors (Lipinski definition) is 0. The van der Waals surface area contributed by atoms with Crippen molar-refractivity contribution in [2.24, 2.45) is 0 Å². The van der Waals surface area contributed by atoms with E-state index >= 15 is 0 Å². The van der Waals surface area contributed by atoms with Crippen LogP contribution in [0.4, 0.5) is 0 Å². The predicted molar refractivity (Wildman–Crippen MR) is 288 cm³/mol. The van der Waals surface area contributed by atoms with Gasteiger partial charge in [0.2, 0.25) is 0 Å². The van der Waals surface area contributed by atoms with E-state index in [-0.39, 0.29) is 31.6 Å². The van der Waals surface area contributed by atoms with Gasteiger partial charge in [0, 0.05) is 12.8 Å². The van der Waals surface area contributed by atoms with Crippen molar-refractivity contribution in [2.75, 3.05) is 13.2 Å². The minimum absolute atomic E-state index is 0.0814. The quantitative estimate of drug-likeness (QED) is 0.0262. The number of allylic oxidation sites excluding steroid dienone is 21. The highest BCUT2D eigenvalue weighted by atomic mass is 16.6. The molecule has 376 valence electrons. The molecule has 0 aliphatic carbocycles. The molecule has 0 aromatic heterocycles. The molecular formula is C61H96O6. The number of ether oxygens (including phenoxy) is 3. The van der Waals surface area contributed by atoms with E-state index in [1.807, 2.05) is 6.08 Å². The van der Waals surface area contributed by atoms with Crippen molar-refractivity contribution in [3.63, 3.8) is 0 Å². The van der Waals surface area contributed by atoms with Crippen molar-refractivity contribution >= 4 is 17.9 Å². The summed E-state index contributed by atoms with van der Waals surface area (Å²) in [7, 11) is 0. The van der Waals surface area contributed by atoms with E-state index in [4.69, 9.17) is 14.2 Å². The Labute approximate surface area is 411 Å². The first-order valence-electron chi connectivity index (χ1n) is 26.7. The molecule has 0 aromatic carbocycles. The van der Waals surface area contributed by atoms with Crippen LogP contribution in [0.15, 0.2) is 134 Å². The van der Waals surface area contributed by atoms with Gasteiger partial charge in [-0.25, -0.2) is 0 Å². The molecular weight excluding hydrogens is 829 g/mol. The number of carbonyl (C=O) groups is 3. The first kappa shape index (κ1) is 62.5. The van der Waals surface area contributed by atoms with Gasteiger partial charge in [0.25, 0.3) is 0 Å². The molecule has 0 aromatic rings. The lowest BCUT2D eigenvalue weighted by Gasteiger charge is -2.18. The van der Waals surface area contributed by atoms with E-state index in [9.17, 15) is 14.4 Å². The Morgan fingerprint density at radius 1 is 0.328 bits per heavy atom. The minimum atomic E-state index is -0.855. The zero-order valence-corrected chi connectivity index (χ0v) is 42.9. The lowest BCUT2D eigenvalue weighted by Crippen LogP contribution is -2.30. The van der Waals surface area contributed by atoms with Gasteiger partial charge in [0.1, 0.15) is 13.2 Å². The predicted octanol–water partition coefficient (Wildman–Crippen LogP) is 17.9. The molecule has 0 amide bonds. The van der Waals surface area contributed by atoms with Gasteiger partial charge in [-0.2, -0.15) is 0 Å². The third-order valence-corrected chi connectivity index (χ3v) is 10.7. The van der Waals surface area contributed by atoms with Crippen molar-refractivity contribution < 1.29 is 28.6 Å². The van der Waals surface area contributed by atoms with Crippen LogP contribution < -0.4 is 0 Å². The van der Waals surface area contributed by atoms with Gasteiger partial charge in [0.05, 0.1) is 6.42 Å². The van der Waals surface area contributed by atoms with Crippen LogP contribution in [0.1, 0.15) is 213 Å². The van der Waals surface area contributed by atoms with Gasteiger partial charge in [-0.3, -0.25) is 14.4 Å². The second-order valence-corrected chi connectivity index (χ2v) is 17.0. The fourth-order valence-corrected chi connectivity index (χ4v) is 6.71. The lowest BCUT2D eigenvalue weighted by atomic mass is 10.1. The Morgan fingerprint density at radius 2 is 0.627 bits per heavy atom. The summed E-state index contributed by atoms with van der Waals surface area (Å²) < 4.78 is 16.7. The fraction of sp³-hybridized carbons (Fsp3) is 0.590. The van der Waals surface area contributed by atoms with Crippen LogP contribution in [0.2, 0.25) is 0 Å². The number of unbranched alkanes of at least 4 members (excludes halogenated alkanes) is 14. The molecule has 0 saturated heterocycles. The number of carbonyl (C=O) groups excluding carboxylic acids is 3. The number of esters is 3. The summed E-state index contributed by atoms with van der Waals surface area (Å²) in [6, 6.07) is 0. The molecule has 1 atom stereocenters. The molecule has 6 heteroatoms. The average molecular weight is 925 g/mol. The maximum absolute atomic E-state index is 12.7. The van der Waals surface area contributed by atoms with Crippen LogP contribution in [0.25, 0.3) is 0 Å². The highest BCUT2D eigenvalue weighted by Crippen LogP contribution is 2.12. The van der Waals surface area contributed by atoms with Gasteiger partial charge in [0.15, 0.2) is 6.10 Å². The molecule has 0 saturated carbocycles. The van der Waals surface area contributed by atoms with Gasteiger partial charge >= 0.3 is 17.9 Å². The molecule has 0 N–H and O–H groups in total. The summed E-state index contributed by atoms with van der Waals surface area (Å²) in [4.78, 5) is 38.0. The number of hydrogen-bond acceptors (Lipinski definition) is 6. The Kier molecular flexibility index (Phi) is 50.6. The third-order valence-electron chi connectivity index (χ3n) is 10.7. The zero-order chi connectivity index (χ0) is 48.6. The fourth-order valence-electron chi connectivity index (χ4n) is 6.71. The standard InChI is InChI=1S/C61H96O6/c1-4-7-10-13-16-19-22-25-27-28-29-30-31-32-34-36-39-42-45-48-51-54-60(63)66-57-58(56-65-59(62)53-50-47-44-41-38-35-24-21-18-15-12-9-6-3)67-61(64)55-52-49-46-43-40-37-33-26-23-20-17-14-11-8-5-2/h8-9,11-12,17-18,20-22,25-26,28-29,31-33,35,38,40,43,49,52,58H,4-7,10,13-16,19,23-24,27,30,34,36-37,39,41-42,44-48,50-51,53-57H2,1-3H3/b11-8-,12-9-,20-17-,21-18-,25-22-,29-28-,32-31-,33-26-,38-35-,43-40-,52-49-. The summed E-state index contributed by atoms with van der Waals surface area (Å²) in [5, 5.41) is 0. The summed E-state index contributed by atoms with van der Waals surface area (Å²) >= 11 is 0. The number of rotatable bonds is 46. The Hall–Kier alpha value is -4.45. The molecule has 0 radical (unpaired) electrons. The maximum Gasteiger partial charge on any atom is 0.310 e. The van der Waals surface area contributed by atoms with Crippen molar-refractivity contribution in [2.45, 2.75) is 219 Å². The first-order chi connectivity index (χ1) is 33.0. The monoisotopic (exact) mass is 925 g/mol. The van der Waals surface area contributed by atoms with Crippen LogP contribution in [0, 0.1) is 0 Å². The summed E-state index contributed by atoms with van der Waals surface area (Å²) in [6.45, 7) is 6.26. The largest absolute Gasteiger partial charge is 0.462 e. The zero-order valence-electron chi connectivity index (χ0n) is 42.9. The highest BCUT2D eigenvalue weighted by molar-refractivity contribution is 5.72. The van der Waals surface area contributed by atoms with Crippen LogP contribution in [0.3, 0.4) is 0 Å². The molecule has 0 heterocycles. The van der Waals surface area contributed by atoms with E-state index in [0.717, 1.165) is 116 Å². The van der Waals surface area contributed by atoms with Gasteiger partial charge in [-0.15, -0.1) is 0 Å². The van der Waals surface area contributed by atoms with Gasteiger partial charge in [-0.05, 0) is 116 Å². The van der Waals surface area contributed by atoms with Crippen LogP contribution in [0.5, 0.6) is 0 Å². The van der Waals surface area contributed by atoms with E-state index in [1.165, 1.54) is 51.4 Å². The second-order valence-electron chi connectivity index (χ2n) is 17.0. The maximum atomic E-state index is 12.7. The lowest BCUT2D eigenvalue weighted by molar-refractivity contribution is -0.166. The molecule has 6 nitrogen and oxygen atoms in total. The summed E-state index contributed by atoms with van der Waals surface area (Å²) in [5.74, 6) is -1.12. The highest BCUT2D eigenvalue weighted by Gasteiger charge is 2.19. The summed E-state index contributed by atoms with van der Waals surface area (Å²) in [6.07, 6.45) is 76.1. The van der Waals surface area contributed by atoms with Crippen LogP contribution >= 0.6 is 0 Å². The molecule has 0 spiro atoms. The van der Waals surface area contributed by atoms with Crippen LogP contribution in [-0.2, 0) is 28.6 Å². The molecule has 0 bridgehead atoms. The second kappa shape index (κ2) is 54.2. The molecule has 0 aliphatic rings. The summed E-state index contributed by atoms with van der Waals surface area (Å²) in [5.41, 5.74) is 0. The van der Waals surface area contributed by atoms with E-state index < -0.39 is 12.1 Å². The Balaban J connectivity index is 4.54. The van der Waals surface area contributed by atoms with Crippen molar-refractivity contribution in [1.29, 1.82) is 0 Å². The molecule has 0 rings (SSSR count). The van der Waals surface area contributed by atoms with Gasteiger partial charge in [-0.1, -0.05) is 212 Å². The van der Waals surface area contributed by atoms with E-state index in [0.29, 0.717) is 19.3 Å². The van der Waals surface area contributed by atoms with E-state index in [1.54, 1.807) is 6.08 Å². The van der Waals surface area contributed by atoms with Crippen molar-refractivity contribution in [1.82, 2.24) is 0 Å². The van der Waals surface area contributed by atoms with E-state index in [2.05, 4.69) is 142 Å². The smallest absolute Gasteiger partial charge is 0.310 e. The van der Waals surface area contributed by atoms with Crippen molar-refractivity contribution in [3.8, 4) is 0 Å². The topological polar surface area (TPSA) is 78.9 Å². The third kappa shape index (κ3) is 52.4. The van der Waals surface area contributed by atoms with Crippen LogP contribution in [-0.4, -0.2) is 37.2 Å². The SMILES string of the molecule is CC/C=C\C/C=C\C/C=C\C/C=C\C/C=C\CC(=O)OC(COC(=O)CCCCC/C=C\C/C=C\C/C=C\CC)COC(=O)CCCCCCCC/C=C\C/C=C\C/C=C\CCCCCCC. The molecule has 1 unspecified atom stereocenters. The molecule has 0 fully saturated rings. The Bertz CT molecular complexity index is 1480.